The van der Waals surface area contributed by atoms with E-state index in [2.05, 4.69) is 39.2 Å². The summed E-state index contributed by atoms with van der Waals surface area (Å²) in [5.74, 6) is 1.30. The molecular weight excluding hydrogens is 314 g/mol. The Morgan fingerprint density at radius 3 is 2.44 bits per heavy atom. The first-order valence-electron chi connectivity index (χ1n) is 8.78. The van der Waals surface area contributed by atoms with Crippen molar-refractivity contribution in [1.29, 1.82) is 0 Å². The van der Waals surface area contributed by atoms with Crippen molar-refractivity contribution in [3.63, 3.8) is 0 Å². The minimum atomic E-state index is -0.674. The highest BCUT2D eigenvalue weighted by atomic mass is 16.4. The molecule has 5 heteroatoms. The summed E-state index contributed by atoms with van der Waals surface area (Å²) < 4.78 is 5.58. The van der Waals surface area contributed by atoms with Gasteiger partial charge in [0.2, 0.25) is 5.89 Å². The molecular formula is C20H23N3O2. The molecule has 0 fully saturated rings. The van der Waals surface area contributed by atoms with Gasteiger partial charge >= 0.3 is 0 Å². The van der Waals surface area contributed by atoms with E-state index in [0.717, 1.165) is 25.7 Å². The zero-order valence-electron chi connectivity index (χ0n) is 14.2. The van der Waals surface area contributed by atoms with E-state index in [0.29, 0.717) is 23.9 Å². The largest absolute Gasteiger partial charge is 0.435 e. The molecule has 1 N–H and O–H groups in total. The van der Waals surface area contributed by atoms with Crippen molar-refractivity contribution in [3.8, 4) is 11.6 Å². The molecule has 2 heterocycles. The lowest BCUT2D eigenvalue weighted by Crippen LogP contribution is -1.97. The molecule has 1 unspecified atom stereocenters. The number of aromatic nitrogens is 3. The molecule has 1 atom stereocenters. The number of aryl methyl sites for hydroxylation is 1. The molecule has 25 heavy (non-hydrogen) atoms. The van der Waals surface area contributed by atoms with E-state index >= 15 is 0 Å². The Kier molecular flexibility index (Phi) is 6.29. The van der Waals surface area contributed by atoms with Crippen LogP contribution in [0.4, 0.5) is 0 Å². The highest BCUT2D eigenvalue weighted by molar-refractivity contribution is 5.43. The van der Waals surface area contributed by atoms with E-state index < -0.39 is 6.10 Å². The lowest BCUT2D eigenvalue weighted by atomic mass is 10.0. The Labute approximate surface area is 147 Å². The van der Waals surface area contributed by atoms with Crippen molar-refractivity contribution in [2.24, 2.45) is 0 Å². The van der Waals surface area contributed by atoms with E-state index in [4.69, 9.17) is 4.42 Å². The molecule has 0 aliphatic carbocycles. The molecule has 2 aromatic heterocycles. The van der Waals surface area contributed by atoms with Crippen molar-refractivity contribution in [3.05, 3.63) is 66.4 Å². The highest BCUT2D eigenvalue weighted by Crippen LogP contribution is 2.23. The van der Waals surface area contributed by atoms with Crippen LogP contribution in [0.25, 0.3) is 11.6 Å². The summed E-state index contributed by atoms with van der Waals surface area (Å²) in [6.45, 7) is 0. The molecule has 5 nitrogen and oxygen atoms in total. The minimum absolute atomic E-state index is 0.340. The molecule has 0 saturated carbocycles. The van der Waals surface area contributed by atoms with Crippen molar-refractivity contribution >= 4 is 0 Å². The summed E-state index contributed by atoms with van der Waals surface area (Å²) in [6, 6.07) is 12.3. The van der Waals surface area contributed by atoms with Crippen LogP contribution in [0.2, 0.25) is 0 Å². The number of aliphatic hydroxyl groups is 1. The van der Waals surface area contributed by atoms with Crippen molar-refractivity contribution in [2.45, 2.75) is 44.6 Å². The fourth-order valence-electron chi connectivity index (χ4n) is 2.76. The number of nitrogens with zero attached hydrogens (tertiary/aromatic N) is 3. The Balaban J connectivity index is 1.37. The first kappa shape index (κ1) is 17.3. The fourth-order valence-corrected chi connectivity index (χ4v) is 2.76. The van der Waals surface area contributed by atoms with Gasteiger partial charge in [0.1, 0.15) is 6.10 Å². The van der Waals surface area contributed by atoms with E-state index in [1.54, 1.807) is 24.7 Å². The summed E-state index contributed by atoms with van der Waals surface area (Å²) in [6.07, 6.45) is 10.3. The first-order valence-corrected chi connectivity index (χ1v) is 8.78. The second-order valence-corrected chi connectivity index (χ2v) is 6.09. The van der Waals surface area contributed by atoms with Gasteiger partial charge in [0.25, 0.3) is 0 Å². The Morgan fingerprint density at radius 1 is 0.880 bits per heavy atom. The number of rotatable bonds is 9. The maximum atomic E-state index is 10.2. The maximum absolute atomic E-state index is 10.2. The van der Waals surface area contributed by atoms with Crippen LogP contribution < -0.4 is 0 Å². The van der Waals surface area contributed by atoms with Gasteiger partial charge in [-0.25, -0.2) is 15.0 Å². The van der Waals surface area contributed by atoms with Gasteiger partial charge in [0.05, 0.1) is 6.20 Å². The third-order valence-electron chi connectivity index (χ3n) is 4.13. The predicted octanol–water partition coefficient (Wildman–Crippen LogP) is 4.36. The number of oxazole rings is 1. The highest BCUT2D eigenvalue weighted by Gasteiger charge is 2.15. The molecule has 0 aliphatic heterocycles. The molecule has 1 aromatic carbocycles. The SMILES string of the molecule is OC(CCCCCCc1ccccc1)c1ncc(-c2ncccn2)o1. The lowest BCUT2D eigenvalue weighted by Gasteiger charge is -2.06. The van der Waals surface area contributed by atoms with E-state index in [9.17, 15) is 5.11 Å². The van der Waals surface area contributed by atoms with Crippen LogP contribution in [0.5, 0.6) is 0 Å². The summed E-state index contributed by atoms with van der Waals surface area (Å²) in [5.41, 5.74) is 1.39. The van der Waals surface area contributed by atoms with Crippen LogP contribution in [0, 0.1) is 0 Å². The maximum Gasteiger partial charge on any atom is 0.223 e. The van der Waals surface area contributed by atoms with Gasteiger partial charge in [-0.1, -0.05) is 49.6 Å². The standard InChI is InChI=1S/C20H23N3O2/c24-17(12-7-2-1-4-9-16-10-5-3-6-11-16)20-23-15-18(25-20)19-21-13-8-14-22-19/h3,5-6,8,10-11,13-15,17,24H,1-2,4,7,9,12H2. The molecule has 0 radical (unpaired) electrons. The van der Waals surface area contributed by atoms with Gasteiger partial charge in [-0.05, 0) is 30.9 Å². The van der Waals surface area contributed by atoms with Gasteiger partial charge in [0, 0.05) is 12.4 Å². The number of unbranched alkanes of at least 4 members (excludes halogenated alkanes) is 3. The third-order valence-corrected chi connectivity index (χ3v) is 4.13. The van der Waals surface area contributed by atoms with Crippen molar-refractivity contribution < 1.29 is 9.52 Å². The summed E-state index contributed by atoms with van der Waals surface area (Å²) in [5, 5.41) is 10.2. The number of hydrogen-bond acceptors (Lipinski definition) is 5. The van der Waals surface area contributed by atoms with E-state index in [-0.39, 0.29) is 0 Å². The molecule has 3 rings (SSSR count). The van der Waals surface area contributed by atoms with Crippen molar-refractivity contribution in [2.75, 3.05) is 0 Å². The first-order chi connectivity index (χ1) is 12.3. The van der Waals surface area contributed by atoms with Gasteiger partial charge in [-0.15, -0.1) is 0 Å². The quantitative estimate of drug-likeness (QED) is 0.587. The fraction of sp³-hybridized carbons (Fsp3) is 0.350. The molecule has 3 aromatic rings. The molecule has 0 saturated heterocycles. The third kappa shape index (κ3) is 5.22. The smallest absolute Gasteiger partial charge is 0.223 e. The normalized spacial score (nSPS) is 12.2. The second-order valence-electron chi connectivity index (χ2n) is 6.09. The summed E-state index contributed by atoms with van der Waals surface area (Å²) in [7, 11) is 0. The average molecular weight is 337 g/mol. The second kappa shape index (κ2) is 9.08. The summed E-state index contributed by atoms with van der Waals surface area (Å²) in [4.78, 5) is 12.4. The van der Waals surface area contributed by atoms with Gasteiger partial charge < -0.3 is 9.52 Å². The van der Waals surface area contributed by atoms with Crippen LogP contribution in [-0.2, 0) is 6.42 Å². The molecule has 0 amide bonds. The monoisotopic (exact) mass is 337 g/mol. The molecule has 130 valence electrons. The van der Waals surface area contributed by atoms with Crippen LogP contribution in [0.1, 0.15) is 49.7 Å². The molecule has 0 aliphatic rings. The number of hydrogen-bond donors (Lipinski definition) is 1. The molecule has 0 spiro atoms. The molecule has 0 bridgehead atoms. The van der Waals surface area contributed by atoms with Gasteiger partial charge in [-0.3, -0.25) is 0 Å². The van der Waals surface area contributed by atoms with Gasteiger partial charge in [-0.2, -0.15) is 0 Å². The topological polar surface area (TPSA) is 72.0 Å². The summed E-state index contributed by atoms with van der Waals surface area (Å²) >= 11 is 0. The zero-order valence-corrected chi connectivity index (χ0v) is 14.2. The number of benzene rings is 1. The number of aliphatic hydroxyl groups excluding tert-OH is 1. The van der Waals surface area contributed by atoms with Crippen LogP contribution in [0.3, 0.4) is 0 Å². The Hall–Kier alpha value is -2.53. The average Bonchev–Trinajstić information content (AvgIpc) is 3.16. The van der Waals surface area contributed by atoms with Crippen LogP contribution in [0.15, 0.2) is 59.4 Å². The Bertz CT molecular complexity index is 744. The van der Waals surface area contributed by atoms with Crippen LogP contribution >= 0.6 is 0 Å². The van der Waals surface area contributed by atoms with E-state index in [1.807, 2.05) is 6.07 Å². The van der Waals surface area contributed by atoms with E-state index in [1.165, 1.54) is 12.0 Å². The minimum Gasteiger partial charge on any atom is -0.435 e. The predicted molar refractivity (Wildman–Crippen MR) is 95.7 cm³/mol. The Morgan fingerprint density at radius 2 is 1.64 bits per heavy atom. The van der Waals surface area contributed by atoms with Gasteiger partial charge in [0.15, 0.2) is 11.6 Å². The van der Waals surface area contributed by atoms with Crippen molar-refractivity contribution in [1.82, 2.24) is 15.0 Å². The lowest BCUT2D eigenvalue weighted by molar-refractivity contribution is 0.131. The zero-order chi connectivity index (χ0) is 17.3. The van der Waals surface area contributed by atoms with Crippen LogP contribution in [-0.4, -0.2) is 20.1 Å².